The van der Waals surface area contributed by atoms with Gasteiger partial charge in [0.25, 0.3) is 0 Å². The lowest BCUT2D eigenvalue weighted by molar-refractivity contribution is -0.139. The Labute approximate surface area is 155 Å². The van der Waals surface area contributed by atoms with Crippen LogP contribution in [0.25, 0.3) is 0 Å². The van der Waals surface area contributed by atoms with Gasteiger partial charge in [-0.1, -0.05) is 42.5 Å². The van der Waals surface area contributed by atoms with Crippen LogP contribution < -0.4 is 15.5 Å². The molecule has 2 amide bonds. The molecule has 0 bridgehead atoms. The highest BCUT2D eigenvalue weighted by Crippen LogP contribution is 2.13. The van der Waals surface area contributed by atoms with E-state index in [9.17, 15) is 9.59 Å². The maximum Gasteiger partial charge on any atom is 0.309 e. The Hall–Kier alpha value is -2.82. The van der Waals surface area contributed by atoms with E-state index in [2.05, 4.69) is 39.8 Å². The van der Waals surface area contributed by atoms with Crippen molar-refractivity contribution in [2.24, 2.45) is 0 Å². The average molecular weight is 353 g/mol. The number of benzene rings is 2. The molecular weight excluding hydrogens is 326 g/mol. The first kappa shape index (κ1) is 19.5. The van der Waals surface area contributed by atoms with E-state index in [1.165, 1.54) is 5.56 Å². The number of amides is 2. The van der Waals surface area contributed by atoms with Gasteiger partial charge in [0, 0.05) is 26.3 Å². The molecule has 1 atom stereocenters. The molecule has 2 aromatic rings. The number of nitrogens with zero attached hydrogens (tertiary/aromatic N) is 1. The fraction of sp³-hybridized carbons (Fsp3) is 0.333. The highest BCUT2D eigenvalue weighted by atomic mass is 16.2. The molecule has 0 aromatic heterocycles. The number of nitrogens with one attached hydrogen (secondary N) is 2. The Bertz CT molecular complexity index is 712. The van der Waals surface area contributed by atoms with E-state index < -0.39 is 11.8 Å². The standard InChI is InChI=1S/C21H27N3O2/c1-16(18-9-5-4-6-10-18)23-21(26)20(25)22-15-7-8-17-11-13-19(14-12-17)24(2)3/h4-6,9-14,16H,7-8,15H2,1-3H3,(H,22,25)(H,23,26)/t16-/m1/s1. The molecule has 0 aliphatic heterocycles. The van der Waals surface area contributed by atoms with Crippen LogP contribution in [0.3, 0.4) is 0 Å². The summed E-state index contributed by atoms with van der Waals surface area (Å²) in [5.41, 5.74) is 3.34. The lowest BCUT2D eigenvalue weighted by Crippen LogP contribution is -2.41. The molecule has 0 saturated heterocycles. The van der Waals surface area contributed by atoms with Gasteiger partial charge in [-0.15, -0.1) is 0 Å². The van der Waals surface area contributed by atoms with Crippen molar-refractivity contribution in [3.05, 3.63) is 65.7 Å². The Morgan fingerprint density at radius 2 is 1.62 bits per heavy atom. The van der Waals surface area contributed by atoms with Gasteiger partial charge in [0.15, 0.2) is 0 Å². The number of carbonyl (C=O) groups excluding carboxylic acids is 2. The second-order valence-corrected chi connectivity index (χ2v) is 6.53. The summed E-state index contributed by atoms with van der Waals surface area (Å²) in [6.07, 6.45) is 1.64. The Balaban J connectivity index is 1.70. The molecule has 0 radical (unpaired) electrons. The third kappa shape index (κ3) is 5.92. The lowest BCUT2D eigenvalue weighted by Gasteiger charge is -2.14. The summed E-state index contributed by atoms with van der Waals surface area (Å²) in [6, 6.07) is 17.7. The van der Waals surface area contributed by atoms with Crippen LogP contribution in [0.4, 0.5) is 5.69 Å². The number of carbonyl (C=O) groups is 2. The van der Waals surface area contributed by atoms with Crippen LogP contribution in [0.2, 0.25) is 0 Å². The number of hydrogen-bond donors (Lipinski definition) is 2. The molecule has 0 aliphatic carbocycles. The van der Waals surface area contributed by atoms with E-state index in [0.29, 0.717) is 6.54 Å². The molecular formula is C21H27N3O2. The Kier molecular flexibility index (Phi) is 7.21. The van der Waals surface area contributed by atoms with Crippen molar-refractivity contribution in [3.63, 3.8) is 0 Å². The first-order valence-electron chi connectivity index (χ1n) is 8.87. The minimum absolute atomic E-state index is 0.204. The van der Waals surface area contributed by atoms with Gasteiger partial charge in [0.2, 0.25) is 0 Å². The smallest absolute Gasteiger partial charge is 0.309 e. The number of aryl methyl sites for hydroxylation is 1. The largest absolute Gasteiger partial charge is 0.378 e. The second kappa shape index (κ2) is 9.61. The third-order valence-electron chi connectivity index (χ3n) is 4.23. The van der Waals surface area contributed by atoms with Gasteiger partial charge >= 0.3 is 11.8 Å². The highest BCUT2D eigenvalue weighted by molar-refractivity contribution is 6.35. The summed E-state index contributed by atoms with van der Waals surface area (Å²) < 4.78 is 0. The zero-order valence-corrected chi connectivity index (χ0v) is 15.7. The first-order chi connectivity index (χ1) is 12.5. The summed E-state index contributed by atoms with van der Waals surface area (Å²) in [5, 5.41) is 5.40. The van der Waals surface area contributed by atoms with E-state index in [1.54, 1.807) is 0 Å². The van der Waals surface area contributed by atoms with Crippen molar-refractivity contribution in [1.82, 2.24) is 10.6 Å². The van der Waals surface area contributed by atoms with E-state index in [4.69, 9.17) is 0 Å². The predicted molar refractivity (Wildman–Crippen MR) is 105 cm³/mol. The molecule has 2 N–H and O–H groups in total. The average Bonchev–Trinajstić information content (AvgIpc) is 2.66. The van der Waals surface area contributed by atoms with Crippen molar-refractivity contribution in [1.29, 1.82) is 0 Å². The van der Waals surface area contributed by atoms with Crippen LogP contribution in [0.5, 0.6) is 0 Å². The fourth-order valence-corrected chi connectivity index (χ4v) is 2.62. The number of rotatable bonds is 7. The molecule has 0 unspecified atom stereocenters. The monoisotopic (exact) mass is 353 g/mol. The minimum Gasteiger partial charge on any atom is -0.378 e. The molecule has 5 nitrogen and oxygen atoms in total. The highest BCUT2D eigenvalue weighted by Gasteiger charge is 2.16. The van der Waals surface area contributed by atoms with Gasteiger partial charge in [-0.2, -0.15) is 0 Å². The van der Waals surface area contributed by atoms with Crippen molar-refractivity contribution < 1.29 is 9.59 Å². The summed E-state index contributed by atoms with van der Waals surface area (Å²) in [7, 11) is 4.02. The zero-order chi connectivity index (χ0) is 18.9. The van der Waals surface area contributed by atoms with E-state index in [0.717, 1.165) is 24.1 Å². The number of hydrogen-bond acceptors (Lipinski definition) is 3. The van der Waals surface area contributed by atoms with E-state index in [-0.39, 0.29) is 6.04 Å². The van der Waals surface area contributed by atoms with Crippen LogP contribution in [-0.2, 0) is 16.0 Å². The quantitative estimate of drug-likeness (QED) is 0.594. The Morgan fingerprint density at radius 3 is 2.23 bits per heavy atom. The maximum absolute atomic E-state index is 12.0. The predicted octanol–water partition coefficient (Wildman–Crippen LogP) is 2.68. The fourth-order valence-electron chi connectivity index (χ4n) is 2.62. The van der Waals surface area contributed by atoms with Crippen LogP contribution >= 0.6 is 0 Å². The normalized spacial score (nSPS) is 11.5. The minimum atomic E-state index is -0.600. The molecule has 0 aliphatic rings. The molecule has 0 spiro atoms. The van der Waals surface area contributed by atoms with Crippen LogP contribution in [0.15, 0.2) is 54.6 Å². The van der Waals surface area contributed by atoms with Gasteiger partial charge < -0.3 is 15.5 Å². The van der Waals surface area contributed by atoms with Gasteiger partial charge in [0.1, 0.15) is 0 Å². The van der Waals surface area contributed by atoms with Crippen molar-refractivity contribution in [2.75, 3.05) is 25.5 Å². The van der Waals surface area contributed by atoms with Gasteiger partial charge in [-0.25, -0.2) is 0 Å². The molecule has 2 aromatic carbocycles. The first-order valence-corrected chi connectivity index (χ1v) is 8.87. The topological polar surface area (TPSA) is 61.4 Å². The second-order valence-electron chi connectivity index (χ2n) is 6.53. The lowest BCUT2D eigenvalue weighted by atomic mass is 10.1. The Morgan fingerprint density at radius 1 is 0.962 bits per heavy atom. The summed E-state index contributed by atoms with van der Waals surface area (Å²) in [5.74, 6) is -1.19. The summed E-state index contributed by atoms with van der Waals surface area (Å²) in [4.78, 5) is 25.9. The number of anilines is 1. The maximum atomic E-state index is 12.0. The molecule has 0 saturated carbocycles. The summed E-state index contributed by atoms with van der Waals surface area (Å²) >= 11 is 0. The molecule has 26 heavy (non-hydrogen) atoms. The van der Waals surface area contributed by atoms with Crippen molar-refractivity contribution in [3.8, 4) is 0 Å². The third-order valence-corrected chi connectivity index (χ3v) is 4.23. The molecule has 2 rings (SSSR count). The van der Waals surface area contributed by atoms with Crippen molar-refractivity contribution >= 4 is 17.5 Å². The van der Waals surface area contributed by atoms with E-state index >= 15 is 0 Å². The molecule has 0 heterocycles. The van der Waals surface area contributed by atoms with E-state index in [1.807, 2.05) is 51.4 Å². The van der Waals surface area contributed by atoms with Gasteiger partial charge in [0.05, 0.1) is 6.04 Å². The van der Waals surface area contributed by atoms with Crippen molar-refractivity contribution in [2.45, 2.75) is 25.8 Å². The van der Waals surface area contributed by atoms with Crippen LogP contribution in [0.1, 0.15) is 30.5 Å². The van der Waals surface area contributed by atoms with Crippen LogP contribution in [0, 0.1) is 0 Å². The SMILES string of the molecule is C[C@@H](NC(=O)C(=O)NCCCc1ccc(N(C)C)cc1)c1ccccc1. The van der Waals surface area contributed by atoms with Gasteiger partial charge in [-0.3, -0.25) is 9.59 Å². The zero-order valence-electron chi connectivity index (χ0n) is 15.7. The van der Waals surface area contributed by atoms with Gasteiger partial charge in [-0.05, 0) is 43.0 Å². The molecule has 5 heteroatoms. The molecule has 0 fully saturated rings. The van der Waals surface area contributed by atoms with Crippen LogP contribution in [-0.4, -0.2) is 32.5 Å². The summed E-state index contributed by atoms with van der Waals surface area (Å²) in [6.45, 7) is 2.33. The molecule has 138 valence electrons.